The van der Waals surface area contributed by atoms with Crippen LogP contribution in [0.2, 0.25) is 0 Å². The molecular weight excluding hydrogens is 228 g/mol. The van der Waals surface area contributed by atoms with Gasteiger partial charge in [0.05, 0.1) is 10.7 Å². The maximum absolute atomic E-state index is 4.75. The van der Waals surface area contributed by atoms with Gasteiger partial charge in [-0.3, -0.25) is 0 Å². The molecule has 96 valence electrons. The minimum absolute atomic E-state index is 0.749. The molecule has 0 saturated heterocycles. The highest BCUT2D eigenvalue weighted by Gasteiger charge is 2.23. The van der Waals surface area contributed by atoms with Crippen molar-refractivity contribution in [1.29, 1.82) is 0 Å². The maximum atomic E-state index is 4.75. The van der Waals surface area contributed by atoms with Crippen LogP contribution in [0.5, 0.6) is 0 Å². The SMILES string of the molecule is CCCC1CCC(c2nc(CNC)cs2)CC1. The van der Waals surface area contributed by atoms with Crippen LogP contribution >= 0.6 is 11.3 Å². The molecule has 0 aromatic carbocycles. The van der Waals surface area contributed by atoms with E-state index in [1.165, 1.54) is 49.2 Å². The molecule has 2 rings (SSSR count). The Hall–Kier alpha value is -0.410. The standard InChI is InChI=1S/C14H24N2S/c1-3-4-11-5-7-12(8-6-11)14-16-13(9-15-2)10-17-14/h10-12,15H,3-9H2,1-2H3. The lowest BCUT2D eigenvalue weighted by molar-refractivity contribution is 0.308. The summed E-state index contributed by atoms with van der Waals surface area (Å²) in [5.74, 6) is 1.74. The quantitative estimate of drug-likeness (QED) is 0.858. The first kappa shape index (κ1) is 13.0. The molecule has 0 bridgehead atoms. The van der Waals surface area contributed by atoms with Gasteiger partial charge in [-0.15, -0.1) is 11.3 Å². The molecule has 0 radical (unpaired) electrons. The highest BCUT2D eigenvalue weighted by Crippen LogP contribution is 2.38. The predicted octanol–water partition coefficient (Wildman–Crippen LogP) is 3.94. The van der Waals surface area contributed by atoms with Gasteiger partial charge in [-0.25, -0.2) is 4.98 Å². The normalized spacial score (nSPS) is 25.1. The van der Waals surface area contributed by atoms with Gasteiger partial charge in [0.15, 0.2) is 0 Å². The molecule has 17 heavy (non-hydrogen) atoms. The second kappa shape index (κ2) is 6.50. The second-order valence-electron chi connectivity index (χ2n) is 5.21. The molecule has 1 heterocycles. The molecule has 1 aliphatic rings. The molecule has 2 nitrogen and oxygen atoms in total. The first-order valence-electron chi connectivity index (χ1n) is 6.92. The van der Waals surface area contributed by atoms with Crippen molar-refractivity contribution in [2.75, 3.05) is 7.05 Å². The van der Waals surface area contributed by atoms with Crippen LogP contribution in [0, 0.1) is 5.92 Å². The number of nitrogens with one attached hydrogen (secondary N) is 1. The predicted molar refractivity (Wildman–Crippen MR) is 74.5 cm³/mol. The average molecular weight is 252 g/mol. The van der Waals surface area contributed by atoms with Gasteiger partial charge in [0, 0.05) is 17.8 Å². The molecule has 0 amide bonds. The van der Waals surface area contributed by atoms with E-state index in [0.29, 0.717) is 0 Å². The summed E-state index contributed by atoms with van der Waals surface area (Å²) in [4.78, 5) is 4.75. The minimum Gasteiger partial charge on any atom is -0.314 e. The molecule has 1 aromatic rings. The Labute approximate surface area is 109 Å². The van der Waals surface area contributed by atoms with Crippen LogP contribution in [0.3, 0.4) is 0 Å². The third-order valence-corrected chi connectivity index (χ3v) is 4.88. The molecule has 1 aliphatic carbocycles. The van der Waals surface area contributed by atoms with Crippen molar-refractivity contribution >= 4 is 11.3 Å². The largest absolute Gasteiger partial charge is 0.314 e. The number of aromatic nitrogens is 1. The summed E-state index contributed by atoms with van der Waals surface area (Å²) in [7, 11) is 1.98. The van der Waals surface area contributed by atoms with Crippen LogP contribution in [0.4, 0.5) is 0 Å². The summed E-state index contributed by atoms with van der Waals surface area (Å²) in [6.07, 6.45) is 8.32. The van der Waals surface area contributed by atoms with E-state index in [1.54, 1.807) is 0 Å². The number of nitrogens with zero attached hydrogens (tertiary/aromatic N) is 1. The van der Waals surface area contributed by atoms with Crippen molar-refractivity contribution in [2.45, 2.75) is 57.9 Å². The second-order valence-corrected chi connectivity index (χ2v) is 6.10. The van der Waals surface area contributed by atoms with Crippen molar-refractivity contribution in [3.8, 4) is 0 Å². The van der Waals surface area contributed by atoms with E-state index in [2.05, 4.69) is 17.6 Å². The van der Waals surface area contributed by atoms with E-state index in [0.717, 1.165) is 18.4 Å². The zero-order chi connectivity index (χ0) is 12.1. The molecule has 0 unspecified atom stereocenters. The Balaban J connectivity index is 1.86. The van der Waals surface area contributed by atoms with Crippen molar-refractivity contribution in [1.82, 2.24) is 10.3 Å². The van der Waals surface area contributed by atoms with Crippen LogP contribution in [-0.4, -0.2) is 12.0 Å². The first-order valence-corrected chi connectivity index (χ1v) is 7.80. The fourth-order valence-electron chi connectivity index (χ4n) is 2.88. The van der Waals surface area contributed by atoms with E-state index < -0.39 is 0 Å². The van der Waals surface area contributed by atoms with Crippen LogP contribution in [0.15, 0.2) is 5.38 Å². The summed E-state index contributed by atoms with van der Waals surface area (Å²) in [5.41, 5.74) is 1.21. The molecule has 1 saturated carbocycles. The van der Waals surface area contributed by atoms with E-state index in [-0.39, 0.29) is 0 Å². The molecule has 1 N–H and O–H groups in total. The Bertz CT molecular complexity index is 327. The number of hydrogen-bond donors (Lipinski definition) is 1. The van der Waals surface area contributed by atoms with Gasteiger partial charge >= 0.3 is 0 Å². The van der Waals surface area contributed by atoms with Gasteiger partial charge in [0.2, 0.25) is 0 Å². The summed E-state index contributed by atoms with van der Waals surface area (Å²) < 4.78 is 0. The molecule has 0 atom stereocenters. The van der Waals surface area contributed by atoms with Crippen LogP contribution in [-0.2, 0) is 6.54 Å². The minimum atomic E-state index is 0.749. The Morgan fingerprint density at radius 2 is 2.12 bits per heavy atom. The highest BCUT2D eigenvalue weighted by atomic mass is 32.1. The van der Waals surface area contributed by atoms with E-state index in [4.69, 9.17) is 4.98 Å². The molecule has 1 fully saturated rings. The van der Waals surface area contributed by atoms with E-state index >= 15 is 0 Å². The van der Waals surface area contributed by atoms with Gasteiger partial charge in [-0.1, -0.05) is 19.8 Å². The highest BCUT2D eigenvalue weighted by molar-refractivity contribution is 7.09. The van der Waals surface area contributed by atoms with E-state index in [9.17, 15) is 0 Å². The summed E-state index contributed by atoms with van der Waals surface area (Å²) >= 11 is 1.86. The molecule has 3 heteroatoms. The molecule has 1 aromatic heterocycles. The topological polar surface area (TPSA) is 24.9 Å². The van der Waals surface area contributed by atoms with Gasteiger partial charge in [-0.2, -0.15) is 0 Å². The Morgan fingerprint density at radius 3 is 2.76 bits per heavy atom. The fraction of sp³-hybridized carbons (Fsp3) is 0.786. The van der Waals surface area contributed by atoms with Gasteiger partial charge in [0.25, 0.3) is 0 Å². The van der Waals surface area contributed by atoms with Crippen molar-refractivity contribution in [2.24, 2.45) is 5.92 Å². The Morgan fingerprint density at radius 1 is 1.35 bits per heavy atom. The molecule has 0 aliphatic heterocycles. The van der Waals surface area contributed by atoms with Crippen molar-refractivity contribution in [3.05, 3.63) is 16.1 Å². The number of rotatable bonds is 5. The monoisotopic (exact) mass is 252 g/mol. The van der Waals surface area contributed by atoms with Crippen LogP contribution < -0.4 is 5.32 Å². The zero-order valence-corrected chi connectivity index (χ0v) is 11.9. The van der Waals surface area contributed by atoms with Gasteiger partial charge in [-0.05, 0) is 38.6 Å². The first-order chi connectivity index (χ1) is 8.33. The fourth-order valence-corrected chi connectivity index (χ4v) is 3.87. The van der Waals surface area contributed by atoms with Crippen LogP contribution in [0.1, 0.15) is 62.1 Å². The molecular formula is C14H24N2S. The van der Waals surface area contributed by atoms with E-state index in [1.807, 2.05) is 18.4 Å². The summed E-state index contributed by atoms with van der Waals surface area (Å²) in [6.45, 7) is 3.21. The third-order valence-electron chi connectivity index (χ3n) is 3.82. The average Bonchev–Trinajstić information content (AvgIpc) is 2.80. The summed E-state index contributed by atoms with van der Waals surface area (Å²) in [5, 5.41) is 6.76. The van der Waals surface area contributed by atoms with Gasteiger partial charge in [0.1, 0.15) is 0 Å². The lowest BCUT2D eigenvalue weighted by Gasteiger charge is -2.26. The lowest BCUT2D eigenvalue weighted by atomic mass is 9.80. The third kappa shape index (κ3) is 3.52. The zero-order valence-electron chi connectivity index (χ0n) is 11.0. The molecule has 0 spiro atoms. The van der Waals surface area contributed by atoms with Crippen LogP contribution in [0.25, 0.3) is 0 Å². The maximum Gasteiger partial charge on any atom is 0.0959 e. The Kier molecular flexibility index (Phi) is 4.99. The van der Waals surface area contributed by atoms with Crippen molar-refractivity contribution < 1.29 is 0 Å². The smallest absolute Gasteiger partial charge is 0.0959 e. The number of hydrogen-bond acceptors (Lipinski definition) is 3. The summed E-state index contributed by atoms with van der Waals surface area (Å²) in [6, 6.07) is 0. The van der Waals surface area contributed by atoms with Gasteiger partial charge < -0.3 is 5.32 Å². The number of thiazole rings is 1. The lowest BCUT2D eigenvalue weighted by Crippen LogP contribution is -2.13. The van der Waals surface area contributed by atoms with Crippen molar-refractivity contribution in [3.63, 3.8) is 0 Å².